The number of carbonyl (C=O) groups is 4. The van der Waals surface area contributed by atoms with Crippen LogP contribution in [0.3, 0.4) is 0 Å². The van der Waals surface area contributed by atoms with Gasteiger partial charge in [0.15, 0.2) is 11.5 Å². The molecular formula is C33H38ClF3N10O6. The predicted octanol–water partition coefficient (Wildman–Crippen LogP) is 2.94. The van der Waals surface area contributed by atoms with Crippen molar-refractivity contribution in [3.05, 3.63) is 76.3 Å². The number of methoxy groups -OCH3 is 1. The SMILES string of the molecule is COCCn1cc(-n2cc(Cc3cnc(C(=O)Nc4ccc(C(=O)N5CCN(C(=O)C6CCNCC6)CC5)c(Cl)c4)[nH]3)c(C(F)(F)F)n2)cn1.O=CO. The standard InChI is InChI=1S/C32H36ClF3N10O4.CH2O2/c1-50-13-12-45-19-24(17-39-45)46-18-21(27(42-46)32(34,35)36)14-23-16-38-28(40-23)29(47)41-22-2-3-25(26(33)15-22)31(49)44-10-8-43(9-11-44)30(48)20-4-6-37-7-5-20;2-1-3/h2-3,15-20,37H,4-14H2,1H3,(H,38,40)(H,41,47);1H,(H,2,3). The van der Waals surface area contributed by atoms with Crippen molar-refractivity contribution >= 4 is 41.5 Å². The molecule has 284 valence electrons. The topological polar surface area (TPSA) is 193 Å². The Morgan fingerprint density at radius 3 is 2.45 bits per heavy atom. The van der Waals surface area contributed by atoms with E-state index >= 15 is 0 Å². The second-order valence-corrected chi connectivity index (χ2v) is 12.6. The number of ether oxygens (including phenoxy) is 1. The average molecular weight is 763 g/mol. The molecule has 2 saturated heterocycles. The van der Waals surface area contributed by atoms with Crippen LogP contribution in [0, 0.1) is 5.92 Å². The van der Waals surface area contributed by atoms with Crippen LogP contribution in [0.1, 0.15) is 50.8 Å². The van der Waals surface area contributed by atoms with E-state index in [4.69, 9.17) is 26.2 Å². The highest BCUT2D eigenvalue weighted by molar-refractivity contribution is 6.34. The number of nitrogens with zero attached hydrogens (tertiary/aromatic N) is 7. The maximum absolute atomic E-state index is 13.9. The van der Waals surface area contributed by atoms with Crippen molar-refractivity contribution in [1.29, 1.82) is 0 Å². The summed E-state index contributed by atoms with van der Waals surface area (Å²) in [5.41, 5.74) is -0.0485. The van der Waals surface area contributed by atoms with Crippen LogP contribution in [0.4, 0.5) is 18.9 Å². The van der Waals surface area contributed by atoms with Crippen molar-refractivity contribution in [3.63, 3.8) is 0 Å². The number of piperidine rings is 1. The fraction of sp³-hybridized carbons (Fsp3) is 0.424. The number of carboxylic acid groups (broad SMARTS) is 1. The number of hydrogen-bond donors (Lipinski definition) is 4. The first-order valence-corrected chi connectivity index (χ1v) is 17.0. The zero-order chi connectivity index (χ0) is 38.1. The minimum absolute atomic E-state index is 0.0184. The molecule has 20 heteroatoms. The normalized spacial score (nSPS) is 15.1. The molecule has 3 aromatic heterocycles. The number of benzene rings is 1. The molecule has 0 atom stereocenters. The fourth-order valence-electron chi connectivity index (χ4n) is 6.04. The van der Waals surface area contributed by atoms with Gasteiger partial charge < -0.3 is 35.3 Å². The van der Waals surface area contributed by atoms with E-state index in [2.05, 4.69) is 30.8 Å². The molecule has 16 nitrogen and oxygen atoms in total. The van der Waals surface area contributed by atoms with E-state index in [-0.39, 0.29) is 58.3 Å². The van der Waals surface area contributed by atoms with Crippen molar-refractivity contribution < 1.29 is 42.2 Å². The lowest BCUT2D eigenvalue weighted by Crippen LogP contribution is -2.52. The van der Waals surface area contributed by atoms with Crippen LogP contribution in [0.25, 0.3) is 5.69 Å². The Morgan fingerprint density at radius 1 is 1.09 bits per heavy atom. The highest BCUT2D eigenvalue weighted by atomic mass is 35.5. The number of piperazine rings is 1. The molecule has 6 rings (SSSR count). The maximum atomic E-state index is 13.9. The summed E-state index contributed by atoms with van der Waals surface area (Å²) >= 11 is 6.47. The Kier molecular flexibility index (Phi) is 12.9. The highest BCUT2D eigenvalue weighted by Gasteiger charge is 2.37. The predicted molar refractivity (Wildman–Crippen MR) is 184 cm³/mol. The van der Waals surface area contributed by atoms with Gasteiger partial charge in [-0.2, -0.15) is 23.4 Å². The first-order valence-electron chi connectivity index (χ1n) is 16.6. The van der Waals surface area contributed by atoms with Gasteiger partial charge in [-0.1, -0.05) is 11.6 Å². The van der Waals surface area contributed by atoms with E-state index in [0.29, 0.717) is 50.7 Å². The van der Waals surface area contributed by atoms with Crippen LogP contribution in [0.2, 0.25) is 5.02 Å². The van der Waals surface area contributed by atoms with E-state index in [1.54, 1.807) is 11.1 Å². The molecule has 0 bridgehead atoms. The van der Waals surface area contributed by atoms with Crippen molar-refractivity contribution in [2.45, 2.75) is 32.0 Å². The molecule has 53 heavy (non-hydrogen) atoms. The number of hydrogen-bond acceptors (Lipinski definition) is 9. The van der Waals surface area contributed by atoms with Crippen molar-refractivity contribution in [3.8, 4) is 5.69 Å². The van der Waals surface area contributed by atoms with Gasteiger partial charge in [0, 0.05) is 75.0 Å². The van der Waals surface area contributed by atoms with E-state index in [0.717, 1.165) is 30.6 Å². The Morgan fingerprint density at radius 2 is 1.79 bits per heavy atom. The van der Waals surface area contributed by atoms with E-state index in [9.17, 15) is 27.6 Å². The summed E-state index contributed by atoms with van der Waals surface area (Å²) in [6, 6.07) is 4.48. The van der Waals surface area contributed by atoms with Crippen molar-refractivity contribution in [2.24, 2.45) is 5.92 Å². The van der Waals surface area contributed by atoms with Crippen LogP contribution >= 0.6 is 11.6 Å². The summed E-state index contributed by atoms with van der Waals surface area (Å²) in [7, 11) is 1.53. The number of H-pyrrole nitrogens is 1. The average Bonchev–Trinajstić information content (AvgIpc) is 3.92. The Labute approximate surface area is 306 Å². The van der Waals surface area contributed by atoms with Crippen LogP contribution in [-0.4, -0.2) is 122 Å². The van der Waals surface area contributed by atoms with Gasteiger partial charge in [-0.3, -0.25) is 23.9 Å². The molecule has 0 saturated carbocycles. The Hall–Kier alpha value is -5.27. The highest BCUT2D eigenvalue weighted by Crippen LogP contribution is 2.32. The molecule has 2 fully saturated rings. The number of anilines is 1. The molecule has 4 aromatic rings. The van der Waals surface area contributed by atoms with Gasteiger partial charge >= 0.3 is 6.18 Å². The molecule has 4 N–H and O–H groups in total. The quantitative estimate of drug-likeness (QED) is 0.175. The molecule has 0 spiro atoms. The van der Waals surface area contributed by atoms with E-state index in [1.807, 2.05) is 4.90 Å². The third-order valence-corrected chi connectivity index (χ3v) is 9.03. The molecule has 3 amide bonds. The largest absolute Gasteiger partial charge is 0.483 e. The molecule has 0 aliphatic carbocycles. The smallest absolute Gasteiger partial charge is 0.435 e. The van der Waals surface area contributed by atoms with Crippen LogP contribution in [-0.2, 0) is 33.5 Å². The Bertz CT molecular complexity index is 1900. The van der Waals surface area contributed by atoms with E-state index < -0.39 is 17.8 Å². The lowest BCUT2D eigenvalue weighted by Gasteiger charge is -2.37. The van der Waals surface area contributed by atoms with Gasteiger partial charge in [-0.15, -0.1) is 0 Å². The second-order valence-electron chi connectivity index (χ2n) is 12.2. The number of rotatable bonds is 10. The molecule has 0 unspecified atom stereocenters. The molecule has 0 radical (unpaired) electrons. The van der Waals surface area contributed by atoms with Crippen molar-refractivity contribution in [2.75, 3.05) is 58.3 Å². The van der Waals surface area contributed by atoms with E-state index in [1.165, 1.54) is 48.6 Å². The van der Waals surface area contributed by atoms with Crippen LogP contribution in [0.15, 0.2) is 43.0 Å². The molecule has 2 aliphatic rings. The minimum atomic E-state index is -4.72. The van der Waals surface area contributed by atoms with Gasteiger partial charge in [0.1, 0.15) is 5.69 Å². The van der Waals surface area contributed by atoms with Crippen LogP contribution in [0.5, 0.6) is 0 Å². The summed E-state index contributed by atoms with van der Waals surface area (Å²) in [5.74, 6) is -0.908. The first-order chi connectivity index (χ1) is 25.4. The number of aromatic amines is 1. The number of alkyl halides is 3. The monoisotopic (exact) mass is 762 g/mol. The number of carbonyl (C=O) groups excluding carboxylic acids is 3. The van der Waals surface area contributed by atoms with Gasteiger partial charge in [-0.25, -0.2) is 9.67 Å². The second kappa shape index (κ2) is 17.5. The van der Waals surface area contributed by atoms with Crippen LogP contribution < -0.4 is 10.6 Å². The summed E-state index contributed by atoms with van der Waals surface area (Å²) in [4.78, 5) is 57.8. The maximum Gasteiger partial charge on any atom is 0.435 e. The van der Waals surface area contributed by atoms with Gasteiger partial charge in [-0.05, 0) is 44.1 Å². The summed E-state index contributed by atoms with van der Waals surface area (Å²) in [6.45, 7) is 3.89. The summed E-state index contributed by atoms with van der Waals surface area (Å²) < 4.78 is 49.3. The lowest BCUT2D eigenvalue weighted by atomic mass is 9.96. The number of amides is 3. The number of imidazole rings is 1. The Balaban J connectivity index is 0.00000175. The fourth-order valence-corrected chi connectivity index (χ4v) is 6.30. The zero-order valence-electron chi connectivity index (χ0n) is 28.6. The first kappa shape index (κ1) is 38.9. The molecule has 5 heterocycles. The van der Waals surface area contributed by atoms with Gasteiger partial charge in [0.05, 0.1) is 36.1 Å². The molecule has 2 aliphatic heterocycles. The van der Waals surface area contributed by atoms with Gasteiger partial charge in [0.25, 0.3) is 18.3 Å². The van der Waals surface area contributed by atoms with Crippen molar-refractivity contribution in [1.82, 2.24) is 44.6 Å². The third kappa shape index (κ3) is 9.79. The van der Waals surface area contributed by atoms with Gasteiger partial charge in [0.2, 0.25) is 5.91 Å². The summed E-state index contributed by atoms with van der Waals surface area (Å²) in [6.07, 6.45) is 2.20. The molecular weight excluding hydrogens is 725 g/mol. The summed E-state index contributed by atoms with van der Waals surface area (Å²) in [5, 5.41) is 20.8. The zero-order valence-corrected chi connectivity index (χ0v) is 29.4. The lowest BCUT2D eigenvalue weighted by molar-refractivity contribution is -0.142. The number of nitrogens with one attached hydrogen (secondary N) is 3. The third-order valence-electron chi connectivity index (χ3n) is 8.72. The minimum Gasteiger partial charge on any atom is -0.483 e. The number of halogens is 4. The number of aromatic nitrogens is 6. The molecule has 1 aromatic carbocycles.